The molecule has 0 aliphatic rings. The SMILES string of the molecule is CCCCCc1ccc(C(=O)OC(CCC)C(CCC)(CCC)C(CCC)OC(=O)c2ccc(CCCCC)cc2)cc1. The molecule has 0 spiro atoms. The number of carbonyl (C=O) groups excluding carboxylic acids is 2. The first-order valence-corrected chi connectivity index (χ1v) is 17.5. The van der Waals surface area contributed by atoms with Gasteiger partial charge in [0.05, 0.1) is 11.1 Å². The summed E-state index contributed by atoms with van der Waals surface area (Å²) in [6.07, 6.45) is 15.3. The van der Waals surface area contributed by atoms with Crippen LogP contribution in [0.15, 0.2) is 48.5 Å². The summed E-state index contributed by atoms with van der Waals surface area (Å²) in [6.45, 7) is 13.0. The molecular weight excluding hydrogens is 532 g/mol. The van der Waals surface area contributed by atoms with E-state index in [2.05, 4.69) is 65.8 Å². The molecule has 240 valence electrons. The third-order valence-corrected chi connectivity index (χ3v) is 8.83. The van der Waals surface area contributed by atoms with Gasteiger partial charge in [-0.3, -0.25) is 0 Å². The van der Waals surface area contributed by atoms with E-state index in [1.807, 2.05) is 24.3 Å². The summed E-state index contributed by atoms with van der Waals surface area (Å²) >= 11 is 0. The van der Waals surface area contributed by atoms with Gasteiger partial charge in [0.2, 0.25) is 0 Å². The summed E-state index contributed by atoms with van der Waals surface area (Å²) in [4.78, 5) is 27.2. The highest BCUT2D eigenvalue weighted by Crippen LogP contribution is 2.45. The number of benzene rings is 2. The van der Waals surface area contributed by atoms with Crippen molar-refractivity contribution in [3.05, 3.63) is 70.8 Å². The van der Waals surface area contributed by atoms with Crippen molar-refractivity contribution in [2.75, 3.05) is 0 Å². The lowest BCUT2D eigenvalue weighted by atomic mass is 9.67. The zero-order valence-corrected chi connectivity index (χ0v) is 28.2. The van der Waals surface area contributed by atoms with E-state index in [0.717, 1.165) is 77.0 Å². The number of unbranched alkanes of at least 4 members (excludes halogenated alkanes) is 4. The van der Waals surface area contributed by atoms with Gasteiger partial charge in [-0.2, -0.15) is 0 Å². The molecule has 0 saturated heterocycles. The molecule has 0 N–H and O–H groups in total. The number of hydrogen-bond donors (Lipinski definition) is 0. The van der Waals surface area contributed by atoms with Crippen molar-refractivity contribution < 1.29 is 19.1 Å². The maximum Gasteiger partial charge on any atom is 0.338 e. The van der Waals surface area contributed by atoms with E-state index in [9.17, 15) is 9.59 Å². The molecule has 0 fully saturated rings. The van der Waals surface area contributed by atoms with Gasteiger partial charge >= 0.3 is 11.9 Å². The molecule has 2 unspecified atom stereocenters. The van der Waals surface area contributed by atoms with Crippen LogP contribution in [0.1, 0.15) is 163 Å². The first-order valence-electron chi connectivity index (χ1n) is 17.5. The third-order valence-electron chi connectivity index (χ3n) is 8.83. The van der Waals surface area contributed by atoms with E-state index in [0.29, 0.717) is 11.1 Å². The Morgan fingerprint density at radius 1 is 0.535 bits per heavy atom. The third kappa shape index (κ3) is 11.4. The van der Waals surface area contributed by atoms with Gasteiger partial charge in [0.15, 0.2) is 0 Å². The van der Waals surface area contributed by atoms with E-state index in [-0.39, 0.29) is 24.1 Å². The molecule has 43 heavy (non-hydrogen) atoms. The molecule has 2 rings (SSSR count). The Bertz CT molecular complexity index is 954. The smallest absolute Gasteiger partial charge is 0.338 e. The van der Waals surface area contributed by atoms with Crippen molar-refractivity contribution in [3.8, 4) is 0 Å². The molecule has 2 aromatic rings. The highest BCUT2D eigenvalue weighted by atomic mass is 16.6. The van der Waals surface area contributed by atoms with Crippen molar-refractivity contribution in [1.29, 1.82) is 0 Å². The zero-order chi connectivity index (χ0) is 31.5. The summed E-state index contributed by atoms with van der Waals surface area (Å²) in [5, 5.41) is 0. The second-order valence-corrected chi connectivity index (χ2v) is 12.4. The van der Waals surface area contributed by atoms with Gasteiger partial charge in [0.1, 0.15) is 12.2 Å². The Hall–Kier alpha value is -2.62. The van der Waals surface area contributed by atoms with Crippen LogP contribution in [0.4, 0.5) is 0 Å². The van der Waals surface area contributed by atoms with Crippen molar-refractivity contribution in [2.45, 2.75) is 156 Å². The molecule has 0 bridgehead atoms. The Labute approximate surface area is 263 Å². The van der Waals surface area contributed by atoms with Gasteiger partial charge in [0.25, 0.3) is 0 Å². The lowest BCUT2D eigenvalue weighted by Crippen LogP contribution is -2.49. The highest BCUT2D eigenvalue weighted by Gasteiger charge is 2.47. The fourth-order valence-corrected chi connectivity index (χ4v) is 6.53. The molecule has 0 aromatic heterocycles. The zero-order valence-electron chi connectivity index (χ0n) is 28.2. The first-order chi connectivity index (χ1) is 20.9. The number of esters is 2. The standard InChI is InChI=1S/C39H60O4/c1-7-13-15-19-31-21-25-33(26-22-31)37(40)42-35(17-9-3)39(29-11-5,30-12-6)36(18-10-4)43-38(41)34-27-23-32(24-28-34)20-16-14-8-2/h21-28,35-36H,7-20,29-30H2,1-6H3. The van der Waals surface area contributed by atoms with Crippen LogP contribution < -0.4 is 0 Å². The Kier molecular flexibility index (Phi) is 17.3. The fourth-order valence-electron chi connectivity index (χ4n) is 6.53. The van der Waals surface area contributed by atoms with Crippen LogP contribution in [0.5, 0.6) is 0 Å². The number of aryl methyl sites for hydroxylation is 2. The van der Waals surface area contributed by atoms with Crippen LogP contribution >= 0.6 is 0 Å². The van der Waals surface area contributed by atoms with Crippen molar-refractivity contribution >= 4 is 11.9 Å². The van der Waals surface area contributed by atoms with Gasteiger partial charge in [-0.1, -0.05) is 117 Å². The maximum atomic E-state index is 13.6. The van der Waals surface area contributed by atoms with Crippen molar-refractivity contribution in [3.63, 3.8) is 0 Å². The Morgan fingerprint density at radius 3 is 1.21 bits per heavy atom. The molecule has 0 heterocycles. The second-order valence-electron chi connectivity index (χ2n) is 12.4. The van der Waals surface area contributed by atoms with Crippen LogP contribution in [0.2, 0.25) is 0 Å². The van der Waals surface area contributed by atoms with Crippen molar-refractivity contribution in [1.82, 2.24) is 0 Å². The van der Waals surface area contributed by atoms with E-state index in [1.165, 1.54) is 36.8 Å². The van der Waals surface area contributed by atoms with Crippen LogP contribution in [-0.2, 0) is 22.3 Å². The average Bonchev–Trinajstić information content (AvgIpc) is 3.01. The molecule has 2 atom stereocenters. The molecule has 2 aromatic carbocycles. The van der Waals surface area contributed by atoms with Crippen LogP contribution in [-0.4, -0.2) is 24.1 Å². The second kappa shape index (κ2) is 20.4. The molecular formula is C39H60O4. The first kappa shape index (κ1) is 36.6. The number of ether oxygens (including phenoxy) is 2. The molecule has 4 heteroatoms. The van der Waals surface area contributed by atoms with Gasteiger partial charge in [-0.15, -0.1) is 0 Å². The number of hydrogen-bond acceptors (Lipinski definition) is 4. The predicted molar refractivity (Wildman–Crippen MR) is 180 cm³/mol. The monoisotopic (exact) mass is 592 g/mol. The molecule has 4 nitrogen and oxygen atoms in total. The van der Waals surface area contributed by atoms with Gasteiger partial charge in [-0.25, -0.2) is 9.59 Å². The lowest BCUT2D eigenvalue weighted by molar-refractivity contribution is -0.103. The lowest BCUT2D eigenvalue weighted by Gasteiger charge is -2.45. The molecule has 0 saturated carbocycles. The topological polar surface area (TPSA) is 52.6 Å². The predicted octanol–water partition coefficient (Wildman–Crippen LogP) is 11.1. The fraction of sp³-hybridized carbons (Fsp3) is 0.641. The summed E-state index contributed by atoms with van der Waals surface area (Å²) in [5.41, 5.74) is 3.24. The molecule has 0 aliphatic carbocycles. The van der Waals surface area contributed by atoms with E-state index in [1.54, 1.807) is 0 Å². The minimum absolute atomic E-state index is 0.282. The minimum atomic E-state index is -0.443. The minimum Gasteiger partial charge on any atom is -0.458 e. The quantitative estimate of drug-likeness (QED) is 0.101. The molecule has 0 radical (unpaired) electrons. The molecule has 0 aliphatic heterocycles. The maximum absolute atomic E-state index is 13.6. The van der Waals surface area contributed by atoms with Gasteiger partial charge in [0, 0.05) is 5.41 Å². The highest BCUT2D eigenvalue weighted by molar-refractivity contribution is 5.90. The number of rotatable bonds is 22. The van der Waals surface area contributed by atoms with E-state index >= 15 is 0 Å². The van der Waals surface area contributed by atoms with Crippen molar-refractivity contribution in [2.24, 2.45) is 5.41 Å². The average molecular weight is 593 g/mol. The van der Waals surface area contributed by atoms with Gasteiger partial charge < -0.3 is 9.47 Å². The summed E-state index contributed by atoms with van der Waals surface area (Å²) in [6, 6.07) is 15.9. The van der Waals surface area contributed by atoms with Crippen LogP contribution in [0, 0.1) is 5.41 Å². The largest absolute Gasteiger partial charge is 0.458 e. The van der Waals surface area contributed by atoms with E-state index < -0.39 is 5.41 Å². The van der Waals surface area contributed by atoms with E-state index in [4.69, 9.17) is 9.47 Å². The van der Waals surface area contributed by atoms with Gasteiger partial charge in [-0.05, 0) is 86.8 Å². The normalized spacial score (nSPS) is 13.0. The number of carbonyl (C=O) groups is 2. The summed E-state index contributed by atoms with van der Waals surface area (Å²) < 4.78 is 12.9. The Morgan fingerprint density at radius 2 is 0.907 bits per heavy atom. The van der Waals surface area contributed by atoms with Crippen LogP contribution in [0.25, 0.3) is 0 Å². The summed E-state index contributed by atoms with van der Waals surface area (Å²) in [5.74, 6) is -0.564. The molecule has 0 amide bonds. The van der Waals surface area contributed by atoms with Crippen LogP contribution in [0.3, 0.4) is 0 Å². The Balaban J connectivity index is 2.33. The summed E-state index contributed by atoms with van der Waals surface area (Å²) in [7, 11) is 0.